The summed E-state index contributed by atoms with van der Waals surface area (Å²) in [5, 5.41) is 13.1. The van der Waals surface area contributed by atoms with E-state index in [0.29, 0.717) is 19.5 Å². The highest BCUT2D eigenvalue weighted by molar-refractivity contribution is 5.97. The fourth-order valence-corrected chi connectivity index (χ4v) is 3.92. The largest absolute Gasteiger partial charge is 0.354 e. The third kappa shape index (κ3) is 2.83. The first-order chi connectivity index (χ1) is 13.6. The molecule has 5 rings (SSSR count). The highest BCUT2D eigenvalue weighted by atomic mass is 19.1. The standard InChI is InChI=1S/C21H21FN6/c1-13-7-15(16-10-24-27(2)11-16)8-18-20(13)25-26-21(18)14-3-5-23-19(9-14)28-6-4-17(22)12-28/h3,5,7-11,17H,4,6,12H2,1-2H3,(H,25,26)/t17-/m1/s1. The lowest BCUT2D eigenvalue weighted by Gasteiger charge is -2.16. The molecule has 1 saturated heterocycles. The van der Waals surface area contributed by atoms with Gasteiger partial charge in [0.25, 0.3) is 0 Å². The summed E-state index contributed by atoms with van der Waals surface area (Å²) in [6.45, 7) is 3.18. The molecular weight excluding hydrogens is 355 g/mol. The van der Waals surface area contributed by atoms with Crippen molar-refractivity contribution in [3.05, 3.63) is 48.4 Å². The molecule has 7 heteroatoms. The number of halogens is 1. The number of H-pyrrole nitrogens is 1. The van der Waals surface area contributed by atoms with Crippen LogP contribution in [0, 0.1) is 6.92 Å². The van der Waals surface area contributed by atoms with Gasteiger partial charge in [0.1, 0.15) is 17.7 Å². The Morgan fingerprint density at radius 3 is 2.82 bits per heavy atom. The van der Waals surface area contributed by atoms with E-state index in [1.165, 1.54) is 0 Å². The van der Waals surface area contributed by atoms with Crippen molar-refractivity contribution in [2.24, 2.45) is 7.05 Å². The van der Waals surface area contributed by atoms with Crippen LogP contribution >= 0.6 is 0 Å². The maximum absolute atomic E-state index is 13.6. The minimum atomic E-state index is -0.777. The summed E-state index contributed by atoms with van der Waals surface area (Å²) >= 11 is 0. The first-order valence-electron chi connectivity index (χ1n) is 9.41. The van der Waals surface area contributed by atoms with Crippen LogP contribution in [0.2, 0.25) is 0 Å². The topological polar surface area (TPSA) is 62.6 Å². The van der Waals surface area contributed by atoms with Crippen LogP contribution in [-0.2, 0) is 7.05 Å². The number of hydrogen-bond donors (Lipinski definition) is 1. The normalized spacial score (nSPS) is 17.0. The van der Waals surface area contributed by atoms with E-state index in [1.54, 1.807) is 10.9 Å². The summed E-state index contributed by atoms with van der Waals surface area (Å²) in [6.07, 6.45) is 5.43. The van der Waals surface area contributed by atoms with Gasteiger partial charge in [0.2, 0.25) is 0 Å². The minimum Gasteiger partial charge on any atom is -0.354 e. The number of nitrogens with zero attached hydrogens (tertiary/aromatic N) is 5. The highest BCUT2D eigenvalue weighted by Crippen LogP contribution is 2.33. The Balaban J connectivity index is 1.60. The lowest BCUT2D eigenvalue weighted by Crippen LogP contribution is -2.20. The van der Waals surface area contributed by atoms with Gasteiger partial charge in [0.05, 0.1) is 18.3 Å². The molecule has 0 amide bonds. The summed E-state index contributed by atoms with van der Waals surface area (Å²) < 4.78 is 15.4. The Morgan fingerprint density at radius 2 is 2.07 bits per heavy atom. The molecule has 1 aliphatic rings. The average Bonchev–Trinajstić information content (AvgIpc) is 3.41. The van der Waals surface area contributed by atoms with Gasteiger partial charge in [0.15, 0.2) is 0 Å². The van der Waals surface area contributed by atoms with E-state index in [9.17, 15) is 4.39 Å². The van der Waals surface area contributed by atoms with E-state index >= 15 is 0 Å². The van der Waals surface area contributed by atoms with E-state index in [-0.39, 0.29) is 0 Å². The number of aromatic amines is 1. The second kappa shape index (κ2) is 6.44. The van der Waals surface area contributed by atoms with Gasteiger partial charge in [-0.05, 0) is 48.7 Å². The molecule has 28 heavy (non-hydrogen) atoms. The lowest BCUT2D eigenvalue weighted by atomic mass is 10.0. The Morgan fingerprint density at radius 1 is 1.18 bits per heavy atom. The van der Waals surface area contributed by atoms with E-state index in [2.05, 4.69) is 39.3 Å². The van der Waals surface area contributed by atoms with Crippen molar-refractivity contribution in [2.75, 3.05) is 18.0 Å². The predicted molar refractivity (Wildman–Crippen MR) is 108 cm³/mol. The maximum atomic E-state index is 13.6. The zero-order valence-electron chi connectivity index (χ0n) is 15.9. The zero-order chi connectivity index (χ0) is 19.3. The Bertz CT molecular complexity index is 1160. The lowest BCUT2D eigenvalue weighted by molar-refractivity contribution is 0.364. The number of benzene rings is 1. The number of anilines is 1. The van der Waals surface area contributed by atoms with Gasteiger partial charge in [-0.1, -0.05) is 0 Å². The van der Waals surface area contributed by atoms with Gasteiger partial charge in [0, 0.05) is 42.5 Å². The van der Waals surface area contributed by atoms with Crippen molar-refractivity contribution in [3.8, 4) is 22.4 Å². The predicted octanol–water partition coefficient (Wildman–Crippen LogP) is 3.88. The molecule has 1 atom stereocenters. The van der Waals surface area contributed by atoms with Crippen LogP contribution in [-0.4, -0.2) is 44.2 Å². The molecule has 4 heterocycles. The van der Waals surface area contributed by atoms with E-state index in [4.69, 9.17) is 0 Å². The Kier molecular flexibility index (Phi) is 3.89. The van der Waals surface area contributed by atoms with Gasteiger partial charge >= 0.3 is 0 Å². The molecular formula is C21H21FN6. The van der Waals surface area contributed by atoms with Crippen LogP contribution in [0.4, 0.5) is 10.2 Å². The molecule has 1 aromatic carbocycles. The van der Waals surface area contributed by atoms with Crippen molar-refractivity contribution in [2.45, 2.75) is 19.5 Å². The average molecular weight is 376 g/mol. The Hall–Kier alpha value is -3.22. The quantitative estimate of drug-likeness (QED) is 0.589. The summed E-state index contributed by atoms with van der Waals surface area (Å²) in [6, 6.07) is 8.24. The number of aryl methyl sites for hydroxylation is 2. The third-order valence-corrected chi connectivity index (χ3v) is 5.38. The van der Waals surface area contributed by atoms with Crippen LogP contribution in [0.3, 0.4) is 0 Å². The Labute approximate surface area is 162 Å². The number of nitrogens with one attached hydrogen (secondary N) is 1. The molecule has 3 aromatic heterocycles. The molecule has 142 valence electrons. The molecule has 1 fully saturated rings. The van der Waals surface area contributed by atoms with Crippen molar-refractivity contribution in [1.29, 1.82) is 0 Å². The van der Waals surface area contributed by atoms with Crippen molar-refractivity contribution >= 4 is 16.7 Å². The first kappa shape index (κ1) is 16.9. The van der Waals surface area contributed by atoms with Crippen LogP contribution in [0.15, 0.2) is 42.9 Å². The number of pyridine rings is 1. The number of rotatable bonds is 3. The van der Waals surface area contributed by atoms with Gasteiger partial charge in [-0.3, -0.25) is 9.78 Å². The SMILES string of the molecule is Cc1cc(-c2cnn(C)c2)cc2c(-c3ccnc(N4CC[C@@H](F)C4)c3)n[nH]c12. The zero-order valence-corrected chi connectivity index (χ0v) is 15.9. The van der Waals surface area contributed by atoms with Gasteiger partial charge in [-0.25, -0.2) is 9.37 Å². The summed E-state index contributed by atoms with van der Waals surface area (Å²) in [5.74, 6) is 0.800. The van der Waals surface area contributed by atoms with Gasteiger partial charge in [-0.2, -0.15) is 10.2 Å². The summed E-state index contributed by atoms with van der Waals surface area (Å²) in [5.41, 5.74) is 6.18. The van der Waals surface area contributed by atoms with Crippen LogP contribution in [0.25, 0.3) is 33.3 Å². The molecule has 0 saturated carbocycles. The number of aromatic nitrogens is 5. The van der Waals surface area contributed by atoms with Crippen molar-refractivity contribution < 1.29 is 4.39 Å². The molecule has 6 nitrogen and oxygen atoms in total. The molecule has 0 unspecified atom stereocenters. The molecule has 4 aromatic rings. The highest BCUT2D eigenvalue weighted by Gasteiger charge is 2.23. The first-order valence-corrected chi connectivity index (χ1v) is 9.41. The fourth-order valence-electron chi connectivity index (χ4n) is 3.92. The number of fused-ring (bicyclic) bond motifs is 1. The molecule has 0 radical (unpaired) electrons. The molecule has 1 N–H and O–H groups in total. The molecule has 1 aliphatic heterocycles. The maximum Gasteiger partial charge on any atom is 0.129 e. The molecule has 0 spiro atoms. The van der Waals surface area contributed by atoms with Crippen molar-refractivity contribution in [1.82, 2.24) is 25.0 Å². The van der Waals surface area contributed by atoms with E-state index in [1.807, 2.05) is 36.5 Å². The summed E-state index contributed by atoms with van der Waals surface area (Å²) in [4.78, 5) is 6.44. The minimum absolute atomic E-state index is 0.405. The number of hydrogen-bond acceptors (Lipinski definition) is 4. The van der Waals surface area contributed by atoms with Crippen LogP contribution < -0.4 is 4.90 Å². The second-order valence-corrected chi connectivity index (χ2v) is 7.43. The molecule has 0 aliphatic carbocycles. The smallest absolute Gasteiger partial charge is 0.129 e. The molecule has 0 bridgehead atoms. The number of alkyl halides is 1. The monoisotopic (exact) mass is 376 g/mol. The van der Waals surface area contributed by atoms with Crippen molar-refractivity contribution in [3.63, 3.8) is 0 Å². The second-order valence-electron chi connectivity index (χ2n) is 7.43. The van der Waals surface area contributed by atoms with E-state index < -0.39 is 6.17 Å². The van der Waals surface area contributed by atoms with Gasteiger partial charge < -0.3 is 4.90 Å². The van der Waals surface area contributed by atoms with Crippen LogP contribution in [0.5, 0.6) is 0 Å². The third-order valence-electron chi connectivity index (χ3n) is 5.38. The summed E-state index contributed by atoms with van der Waals surface area (Å²) in [7, 11) is 1.91. The fraction of sp³-hybridized carbons (Fsp3) is 0.286. The van der Waals surface area contributed by atoms with Gasteiger partial charge in [-0.15, -0.1) is 0 Å². The van der Waals surface area contributed by atoms with Crippen LogP contribution in [0.1, 0.15) is 12.0 Å². The van der Waals surface area contributed by atoms with E-state index in [0.717, 1.165) is 44.7 Å².